The molecule has 1 aromatic rings. The highest BCUT2D eigenvalue weighted by Crippen LogP contribution is 2.13. The normalized spacial score (nSPS) is 16.7. The lowest BCUT2D eigenvalue weighted by atomic mass is 10.0. The summed E-state index contributed by atoms with van der Waals surface area (Å²) in [4.78, 5) is 6.89. The molecule has 0 aromatic heterocycles. The van der Waals surface area contributed by atoms with Gasteiger partial charge >= 0.3 is 0 Å². The number of rotatable bonds is 8. The summed E-state index contributed by atoms with van der Waals surface area (Å²) in [5.74, 6) is 1.73. The maximum Gasteiger partial charge on any atom is 0.191 e. The van der Waals surface area contributed by atoms with Crippen molar-refractivity contribution in [3.8, 4) is 5.75 Å². The Morgan fingerprint density at radius 3 is 2.46 bits per heavy atom. The first kappa shape index (κ1) is 20.5. The molecular formula is C20H34N4O2. The molecule has 0 aliphatic carbocycles. The van der Waals surface area contributed by atoms with Crippen molar-refractivity contribution in [1.29, 1.82) is 0 Å². The molecule has 0 bridgehead atoms. The van der Waals surface area contributed by atoms with Crippen molar-refractivity contribution in [2.24, 2.45) is 4.99 Å². The van der Waals surface area contributed by atoms with Crippen molar-refractivity contribution >= 4 is 5.96 Å². The summed E-state index contributed by atoms with van der Waals surface area (Å²) < 4.78 is 10.6. The third kappa shape index (κ3) is 6.84. The maximum absolute atomic E-state index is 5.59. The first-order valence-electron chi connectivity index (χ1n) is 9.54. The Bertz CT molecular complexity index is 537. The average Bonchev–Trinajstić information content (AvgIpc) is 2.66. The van der Waals surface area contributed by atoms with E-state index < -0.39 is 0 Å². The summed E-state index contributed by atoms with van der Waals surface area (Å²) in [6.07, 6.45) is 2.32. The third-order valence-electron chi connectivity index (χ3n) is 4.76. The lowest BCUT2D eigenvalue weighted by Gasteiger charge is -2.35. The molecule has 146 valence electrons. The molecule has 1 aliphatic heterocycles. The molecule has 6 nitrogen and oxygen atoms in total. The van der Waals surface area contributed by atoms with Crippen LogP contribution in [0.25, 0.3) is 0 Å². The summed E-state index contributed by atoms with van der Waals surface area (Å²) in [7, 11) is 3.50. The molecule has 0 radical (unpaired) electrons. The van der Waals surface area contributed by atoms with E-state index in [9.17, 15) is 0 Å². The van der Waals surface area contributed by atoms with Crippen molar-refractivity contribution in [2.45, 2.75) is 45.3 Å². The number of aliphatic imine (C=N–C) groups is 1. The number of nitrogens with one attached hydrogen (secondary N) is 2. The van der Waals surface area contributed by atoms with Crippen molar-refractivity contribution in [3.05, 3.63) is 29.8 Å². The number of benzene rings is 1. The van der Waals surface area contributed by atoms with Crippen LogP contribution < -0.4 is 15.4 Å². The largest absolute Gasteiger partial charge is 0.491 e. The lowest BCUT2D eigenvalue weighted by Crippen LogP contribution is -2.49. The fraction of sp³-hybridized carbons (Fsp3) is 0.650. The zero-order valence-corrected chi connectivity index (χ0v) is 16.6. The molecule has 1 heterocycles. The number of ether oxygens (including phenoxy) is 2. The van der Waals surface area contributed by atoms with Gasteiger partial charge in [-0.2, -0.15) is 0 Å². The minimum atomic E-state index is 0.493. The topological polar surface area (TPSA) is 58.1 Å². The fourth-order valence-electron chi connectivity index (χ4n) is 3.08. The van der Waals surface area contributed by atoms with Gasteiger partial charge in [-0.15, -0.1) is 0 Å². The molecule has 0 spiro atoms. The molecule has 0 unspecified atom stereocenters. The van der Waals surface area contributed by atoms with Crippen molar-refractivity contribution < 1.29 is 9.47 Å². The molecule has 2 rings (SSSR count). The van der Waals surface area contributed by atoms with E-state index in [0.717, 1.165) is 44.2 Å². The average molecular weight is 363 g/mol. The van der Waals surface area contributed by atoms with E-state index >= 15 is 0 Å². The molecule has 1 aliphatic rings. The molecular weight excluding hydrogens is 328 g/mol. The van der Waals surface area contributed by atoms with Crippen LogP contribution in [0, 0.1) is 0 Å². The second-order valence-electron chi connectivity index (χ2n) is 6.96. The van der Waals surface area contributed by atoms with E-state index in [4.69, 9.17) is 9.47 Å². The number of hydrogen-bond acceptors (Lipinski definition) is 4. The zero-order chi connectivity index (χ0) is 18.8. The second kappa shape index (κ2) is 11.0. The van der Waals surface area contributed by atoms with E-state index in [-0.39, 0.29) is 0 Å². The summed E-state index contributed by atoms with van der Waals surface area (Å²) in [5, 5.41) is 6.96. The third-order valence-corrected chi connectivity index (χ3v) is 4.76. The first-order valence-corrected chi connectivity index (χ1v) is 9.54. The molecule has 6 heteroatoms. The van der Waals surface area contributed by atoms with Crippen LogP contribution >= 0.6 is 0 Å². The quantitative estimate of drug-likeness (QED) is 0.422. The Kier molecular flexibility index (Phi) is 8.71. The lowest BCUT2D eigenvalue weighted by molar-refractivity contribution is 0.146. The molecule has 0 atom stereocenters. The summed E-state index contributed by atoms with van der Waals surface area (Å²) in [6.45, 7) is 8.74. The van der Waals surface area contributed by atoms with E-state index in [1.807, 2.05) is 19.2 Å². The van der Waals surface area contributed by atoms with E-state index in [0.29, 0.717) is 25.3 Å². The van der Waals surface area contributed by atoms with E-state index in [1.54, 1.807) is 7.11 Å². The van der Waals surface area contributed by atoms with E-state index in [1.165, 1.54) is 5.56 Å². The van der Waals surface area contributed by atoms with Crippen LogP contribution in [0.2, 0.25) is 0 Å². The number of guanidine groups is 1. The smallest absolute Gasteiger partial charge is 0.191 e. The minimum absolute atomic E-state index is 0.493. The number of nitrogens with zero attached hydrogens (tertiary/aromatic N) is 2. The van der Waals surface area contributed by atoms with Gasteiger partial charge in [-0.25, -0.2) is 0 Å². The van der Waals surface area contributed by atoms with Crippen molar-refractivity contribution in [1.82, 2.24) is 15.5 Å². The standard InChI is InChI=1S/C20H34N4O2/c1-16(2)24-11-9-18(10-12-24)23-20(21-3)22-15-17-5-7-19(8-6-17)26-14-13-25-4/h5-8,16,18H,9-15H2,1-4H3,(H2,21,22,23). The number of likely N-dealkylation sites (tertiary alicyclic amines) is 1. The Morgan fingerprint density at radius 1 is 1.19 bits per heavy atom. The predicted octanol–water partition coefficient (Wildman–Crippen LogP) is 2.25. The van der Waals surface area contributed by atoms with Crippen LogP contribution in [0.3, 0.4) is 0 Å². The minimum Gasteiger partial charge on any atom is -0.491 e. The van der Waals surface area contributed by atoms with Crippen LogP contribution in [0.15, 0.2) is 29.3 Å². The van der Waals surface area contributed by atoms with Gasteiger partial charge in [-0.3, -0.25) is 4.99 Å². The van der Waals surface area contributed by atoms with Gasteiger partial charge in [0.25, 0.3) is 0 Å². The SMILES string of the molecule is CN=C(NCc1ccc(OCCOC)cc1)NC1CCN(C(C)C)CC1. The van der Waals surface area contributed by atoms with Gasteiger partial charge in [0.05, 0.1) is 6.61 Å². The van der Waals surface area contributed by atoms with Gasteiger partial charge in [0.2, 0.25) is 0 Å². The van der Waals surface area contributed by atoms with Crippen LogP contribution in [0.5, 0.6) is 5.75 Å². The Morgan fingerprint density at radius 2 is 1.88 bits per heavy atom. The number of methoxy groups -OCH3 is 1. The van der Waals surface area contributed by atoms with Crippen LogP contribution in [0.1, 0.15) is 32.3 Å². The highest BCUT2D eigenvalue weighted by Gasteiger charge is 2.21. The number of piperidine rings is 1. The fourth-order valence-corrected chi connectivity index (χ4v) is 3.08. The van der Waals surface area contributed by atoms with Crippen molar-refractivity contribution in [3.63, 3.8) is 0 Å². The highest BCUT2D eigenvalue weighted by atomic mass is 16.5. The molecule has 0 amide bonds. The molecule has 0 saturated carbocycles. The number of hydrogen-bond donors (Lipinski definition) is 2. The van der Waals surface area contributed by atoms with E-state index in [2.05, 4.69) is 46.5 Å². The second-order valence-corrected chi connectivity index (χ2v) is 6.96. The van der Waals surface area contributed by atoms with Crippen LogP contribution in [-0.4, -0.2) is 63.4 Å². The maximum atomic E-state index is 5.59. The van der Waals surface area contributed by atoms with Gasteiger partial charge in [0.15, 0.2) is 5.96 Å². The van der Waals surface area contributed by atoms with Crippen LogP contribution in [-0.2, 0) is 11.3 Å². The predicted molar refractivity (Wildman–Crippen MR) is 107 cm³/mol. The van der Waals surface area contributed by atoms with Gasteiger partial charge in [-0.05, 0) is 44.4 Å². The van der Waals surface area contributed by atoms with Gasteiger partial charge in [0, 0.05) is 45.9 Å². The molecule has 1 aromatic carbocycles. The monoisotopic (exact) mass is 362 g/mol. The summed E-state index contributed by atoms with van der Waals surface area (Å²) >= 11 is 0. The molecule has 1 saturated heterocycles. The van der Waals surface area contributed by atoms with Crippen LogP contribution in [0.4, 0.5) is 0 Å². The zero-order valence-electron chi connectivity index (χ0n) is 16.6. The van der Waals surface area contributed by atoms with Crippen molar-refractivity contribution in [2.75, 3.05) is 40.5 Å². The molecule has 26 heavy (non-hydrogen) atoms. The van der Waals surface area contributed by atoms with Gasteiger partial charge < -0.3 is 25.0 Å². The summed E-state index contributed by atoms with van der Waals surface area (Å²) in [5.41, 5.74) is 1.20. The highest BCUT2D eigenvalue weighted by molar-refractivity contribution is 5.79. The Balaban J connectivity index is 1.73. The molecule has 1 fully saturated rings. The van der Waals surface area contributed by atoms with Gasteiger partial charge in [0.1, 0.15) is 12.4 Å². The Labute approximate surface area is 158 Å². The molecule has 2 N–H and O–H groups in total. The Hall–Kier alpha value is -1.79. The summed E-state index contributed by atoms with van der Waals surface area (Å²) in [6, 6.07) is 9.25. The van der Waals surface area contributed by atoms with Gasteiger partial charge in [-0.1, -0.05) is 12.1 Å². The first-order chi connectivity index (χ1) is 12.6.